The van der Waals surface area contributed by atoms with Crippen LogP contribution in [0.1, 0.15) is 5.56 Å². The van der Waals surface area contributed by atoms with Crippen LogP contribution in [-0.4, -0.2) is 62.2 Å². The normalized spacial score (nSPS) is 16.0. The van der Waals surface area contributed by atoms with Gasteiger partial charge in [-0.1, -0.05) is 12.1 Å². The largest absolute Gasteiger partial charge is 0.329 e. The molecule has 1 saturated heterocycles. The molecule has 4 rings (SSSR count). The number of imidazole rings is 1. The van der Waals surface area contributed by atoms with Crippen LogP contribution in [0.4, 0.5) is 10.3 Å². The summed E-state index contributed by atoms with van der Waals surface area (Å²) in [6, 6.07) is 6.08. The first kappa shape index (κ1) is 18.4. The van der Waals surface area contributed by atoms with E-state index in [0.717, 1.165) is 31.7 Å². The molecular weight excluding hydrogens is 365 g/mol. The Labute approximate surface area is 160 Å². The third-order valence-electron chi connectivity index (χ3n) is 5.02. The summed E-state index contributed by atoms with van der Waals surface area (Å²) in [7, 11) is 3.63. The minimum Gasteiger partial charge on any atom is -0.304 e. The smallest absolute Gasteiger partial charge is 0.304 e. The Morgan fingerprint density at radius 1 is 1.11 bits per heavy atom. The van der Waals surface area contributed by atoms with Gasteiger partial charge in [0, 0.05) is 33.2 Å². The molecule has 0 atom stereocenters. The van der Waals surface area contributed by atoms with Crippen molar-refractivity contribution < 1.29 is 4.39 Å². The molecule has 10 heteroatoms. The highest BCUT2D eigenvalue weighted by Gasteiger charge is 2.21. The van der Waals surface area contributed by atoms with E-state index in [1.54, 1.807) is 23.7 Å². The number of aromatic amines is 1. The number of fused-ring (bicyclic) bond motifs is 1. The van der Waals surface area contributed by atoms with Crippen LogP contribution in [0, 0.1) is 5.82 Å². The molecule has 3 aromatic rings. The standard InChI is InChI=1S/C18H22FN7O2/c1-23-7-9-25(10-8-23)22-17-20-15-14(16(27)21-18(28)24(15)2)26(17)11-12-3-5-13(19)6-4-12/h3-6H,7-11H2,1-2H3,(H,20,22)(H,21,27,28). The van der Waals surface area contributed by atoms with E-state index in [1.165, 1.54) is 16.7 Å². The minimum atomic E-state index is -0.518. The van der Waals surface area contributed by atoms with E-state index in [1.807, 2.05) is 5.01 Å². The monoisotopic (exact) mass is 387 g/mol. The van der Waals surface area contributed by atoms with Crippen LogP contribution in [-0.2, 0) is 13.6 Å². The number of hydrogen-bond donors (Lipinski definition) is 2. The Kier molecular flexibility index (Phi) is 4.73. The fraction of sp³-hybridized carbons (Fsp3) is 0.389. The number of aryl methyl sites for hydroxylation is 1. The number of hydrogen-bond acceptors (Lipinski definition) is 6. The first-order valence-corrected chi connectivity index (χ1v) is 9.06. The predicted octanol–water partition coefficient (Wildman–Crippen LogP) is 0.185. The number of nitrogens with one attached hydrogen (secondary N) is 2. The molecule has 1 aliphatic heterocycles. The number of rotatable bonds is 4. The first-order chi connectivity index (χ1) is 13.4. The second-order valence-corrected chi connectivity index (χ2v) is 7.04. The maximum absolute atomic E-state index is 13.3. The number of piperazine rings is 1. The fourth-order valence-electron chi connectivity index (χ4n) is 3.31. The van der Waals surface area contributed by atoms with Gasteiger partial charge in [0.1, 0.15) is 5.82 Å². The lowest BCUT2D eigenvalue weighted by Crippen LogP contribution is -2.47. The summed E-state index contributed by atoms with van der Waals surface area (Å²) < 4.78 is 16.3. The Morgan fingerprint density at radius 2 is 1.79 bits per heavy atom. The van der Waals surface area contributed by atoms with Crippen molar-refractivity contribution >= 4 is 17.1 Å². The second kappa shape index (κ2) is 7.21. The zero-order valence-electron chi connectivity index (χ0n) is 15.8. The molecule has 148 valence electrons. The Balaban J connectivity index is 1.79. The number of aromatic nitrogens is 4. The average Bonchev–Trinajstić information content (AvgIpc) is 3.02. The molecule has 3 heterocycles. The molecule has 9 nitrogen and oxygen atoms in total. The second-order valence-electron chi connectivity index (χ2n) is 7.04. The lowest BCUT2D eigenvalue weighted by atomic mass is 10.2. The Morgan fingerprint density at radius 3 is 2.46 bits per heavy atom. The van der Waals surface area contributed by atoms with E-state index in [9.17, 15) is 14.0 Å². The zero-order chi connectivity index (χ0) is 19.8. The van der Waals surface area contributed by atoms with E-state index in [0.29, 0.717) is 23.7 Å². The van der Waals surface area contributed by atoms with Gasteiger partial charge in [-0.25, -0.2) is 14.2 Å². The topological polar surface area (TPSA) is 91.2 Å². The quantitative estimate of drug-likeness (QED) is 0.664. The van der Waals surface area contributed by atoms with E-state index in [-0.39, 0.29) is 5.82 Å². The molecule has 0 bridgehead atoms. The molecule has 2 aromatic heterocycles. The SMILES string of the molecule is CN1CCN(Nc2nc3c(c(=O)[nH]c(=O)n3C)n2Cc2ccc(F)cc2)CC1. The number of nitrogens with zero attached hydrogens (tertiary/aromatic N) is 5. The van der Waals surface area contributed by atoms with Gasteiger partial charge in [0.25, 0.3) is 5.56 Å². The van der Waals surface area contributed by atoms with Crippen LogP contribution in [0.25, 0.3) is 11.2 Å². The van der Waals surface area contributed by atoms with Crippen molar-refractivity contribution in [3.8, 4) is 0 Å². The van der Waals surface area contributed by atoms with Gasteiger partial charge in [-0.15, -0.1) is 0 Å². The summed E-state index contributed by atoms with van der Waals surface area (Å²) in [5, 5.41) is 2.04. The molecule has 28 heavy (non-hydrogen) atoms. The first-order valence-electron chi connectivity index (χ1n) is 9.06. The molecule has 2 N–H and O–H groups in total. The van der Waals surface area contributed by atoms with Crippen molar-refractivity contribution in [2.75, 3.05) is 38.7 Å². The van der Waals surface area contributed by atoms with E-state index in [2.05, 4.69) is 27.3 Å². The van der Waals surface area contributed by atoms with Gasteiger partial charge in [0.05, 0.1) is 6.54 Å². The third kappa shape index (κ3) is 3.43. The molecule has 0 radical (unpaired) electrons. The number of anilines is 1. The highest BCUT2D eigenvalue weighted by Crippen LogP contribution is 2.19. The molecule has 1 fully saturated rings. The lowest BCUT2D eigenvalue weighted by Gasteiger charge is -2.32. The molecule has 0 unspecified atom stereocenters. The summed E-state index contributed by atoms with van der Waals surface area (Å²) in [6.45, 7) is 3.72. The van der Waals surface area contributed by atoms with Gasteiger partial charge >= 0.3 is 5.69 Å². The van der Waals surface area contributed by atoms with Crippen LogP contribution >= 0.6 is 0 Å². The Bertz CT molecular complexity index is 1110. The zero-order valence-corrected chi connectivity index (χ0v) is 15.8. The van der Waals surface area contributed by atoms with Crippen LogP contribution in [0.3, 0.4) is 0 Å². The van der Waals surface area contributed by atoms with Crippen molar-refractivity contribution in [2.24, 2.45) is 7.05 Å². The van der Waals surface area contributed by atoms with Crippen LogP contribution in [0.2, 0.25) is 0 Å². The highest BCUT2D eigenvalue weighted by molar-refractivity contribution is 5.74. The van der Waals surface area contributed by atoms with Crippen molar-refractivity contribution in [2.45, 2.75) is 6.54 Å². The number of hydrazine groups is 1. The highest BCUT2D eigenvalue weighted by atomic mass is 19.1. The lowest BCUT2D eigenvalue weighted by molar-refractivity contribution is 0.177. The maximum Gasteiger partial charge on any atom is 0.329 e. The van der Waals surface area contributed by atoms with Crippen molar-refractivity contribution in [1.82, 2.24) is 29.0 Å². The van der Waals surface area contributed by atoms with Gasteiger partial charge < -0.3 is 4.90 Å². The van der Waals surface area contributed by atoms with Gasteiger partial charge in [0.15, 0.2) is 11.2 Å². The number of likely N-dealkylation sites (N-methyl/N-ethyl adjacent to an activating group) is 1. The molecule has 0 spiro atoms. The summed E-state index contributed by atoms with van der Waals surface area (Å²) in [5.41, 5.74) is 3.67. The Hall–Kier alpha value is -2.98. The molecule has 0 aliphatic carbocycles. The molecule has 1 aromatic carbocycles. The summed E-state index contributed by atoms with van der Waals surface area (Å²) in [6.07, 6.45) is 0. The van der Waals surface area contributed by atoms with E-state index < -0.39 is 11.2 Å². The van der Waals surface area contributed by atoms with Crippen LogP contribution in [0.15, 0.2) is 33.9 Å². The molecule has 1 aliphatic rings. The number of halogens is 1. The molecule has 0 amide bonds. The summed E-state index contributed by atoms with van der Waals surface area (Å²) in [5.74, 6) is 0.144. The van der Waals surface area contributed by atoms with Gasteiger partial charge in [-0.2, -0.15) is 4.98 Å². The van der Waals surface area contributed by atoms with Gasteiger partial charge in [-0.05, 0) is 24.7 Å². The number of H-pyrrole nitrogens is 1. The van der Waals surface area contributed by atoms with Crippen LogP contribution in [0.5, 0.6) is 0 Å². The minimum absolute atomic E-state index is 0.294. The maximum atomic E-state index is 13.3. The molecular formula is C18H22FN7O2. The van der Waals surface area contributed by atoms with Gasteiger partial charge in [-0.3, -0.25) is 24.3 Å². The van der Waals surface area contributed by atoms with Gasteiger partial charge in [0.2, 0.25) is 5.95 Å². The van der Waals surface area contributed by atoms with Crippen molar-refractivity contribution in [3.63, 3.8) is 0 Å². The fourth-order valence-corrected chi connectivity index (χ4v) is 3.31. The van der Waals surface area contributed by atoms with E-state index in [4.69, 9.17) is 0 Å². The van der Waals surface area contributed by atoms with Crippen molar-refractivity contribution in [3.05, 3.63) is 56.5 Å². The predicted molar refractivity (Wildman–Crippen MR) is 104 cm³/mol. The molecule has 0 saturated carbocycles. The summed E-state index contributed by atoms with van der Waals surface area (Å²) in [4.78, 5) is 33.6. The van der Waals surface area contributed by atoms with E-state index >= 15 is 0 Å². The average molecular weight is 387 g/mol. The third-order valence-corrected chi connectivity index (χ3v) is 5.02. The van der Waals surface area contributed by atoms with Crippen LogP contribution < -0.4 is 16.7 Å². The summed E-state index contributed by atoms with van der Waals surface area (Å²) >= 11 is 0. The number of benzene rings is 1. The van der Waals surface area contributed by atoms with Crippen molar-refractivity contribution in [1.29, 1.82) is 0 Å².